The van der Waals surface area contributed by atoms with Gasteiger partial charge in [0.2, 0.25) is 0 Å². The third kappa shape index (κ3) is 3.31. The first kappa shape index (κ1) is 13.1. The largest absolute Gasteiger partial charge is 0.398 e. The van der Waals surface area contributed by atoms with Crippen molar-refractivity contribution < 1.29 is 0 Å². The normalized spacial score (nSPS) is 11.3. The van der Waals surface area contributed by atoms with Crippen molar-refractivity contribution in [3.05, 3.63) is 46.4 Å². The summed E-state index contributed by atoms with van der Waals surface area (Å²) >= 11 is 1.70. The molecule has 4 heteroatoms. The molecule has 1 aromatic heterocycles. The number of nitrogens with two attached hydrogens (primary N) is 1. The van der Waals surface area contributed by atoms with E-state index in [1.54, 1.807) is 11.3 Å². The molecule has 3 nitrogen and oxygen atoms in total. The van der Waals surface area contributed by atoms with Gasteiger partial charge in [0, 0.05) is 29.9 Å². The Morgan fingerprint density at radius 1 is 1.28 bits per heavy atom. The Kier molecular flexibility index (Phi) is 4.33. The zero-order valence-corrected chi connectivity index (χ0v) is 11.7. The van der Waals surface area contributed by atoms with Crippen LogP contribution in [0.25, 0.3) is 0 Å². The third-order valence-corrected chi connectivity index (χ3v) is 3.75. The molecule has 0 aliphatic rings. The average Bonchev–Trinajstić information content (AvgIpc) is 2.83. The molecule has 0 saturated heterocycles. The molecule has 1 heterocycles. The van der Waals surface area contributed by atoms with Crippen LogP contribution in [-0.2, 0) is 13.1 Å². The minimum Gasteiger partial charge on any atom is -0.398 e. The van der Waals surface area contributed by atoms with E-state index in [1.165, 1.54) is 5.56 Å². The molecular formula is C14H19N3S. The fourth-order valence-electron chi connectivity index (χ4n) is 1.82. The highest BCUT2D eigenvalue weighted by atomic mass is 32.1. The van der Waals surface area contributed by atoms with Gasteiger partial charge in [0.15, 0.2) is 0 Å². The van der Waals surface area contributed by atoms with Crippen LogP contribution in [0.15, 0.2) is 35.8 Å². The molecule has 2 rings (SSSR count). The number of hydrogen-bond donors (Lipinski definition) is 1. The molecule has 0 saturated carbocycles. The molecule has 0 spiro atoms. The molecule has 0 bridgehead atoms. The fraction of sp³-hybridized carbons (Fsp3) is 0.357. The number of rotatable bonds is 5. The summed E-state index contributed by atoms with van der Waals surface area (Å²) < 4.78 is 0. The predicted molar refractivity (Wildman–Crippen MR) is 77.4 cm³/mol. The number of anilines is 1. The summed E-state index contributed by atoms with van der Waals surface area (Å²) in [5.74, 6) is 0. The Morgan fingerprint density at radius 3 is 2.67 bits per heavy atom. The van der Waals surface area contributed by atoms with Crippen molar-refractivity contribution in [2.75, 3.05) is 5.73 Å². The summed E-state index contributed by atoms with van der Waals surface area (Å²) in [5, 5.41) is 3.17. The van der Waals surface area contributed by atoms with Gasteiger partial charge in [0.25, 0.3) is 0 Å². The lowest BCUT2D eigenvalue weighted by molar-refractivity contribution is 0.204. The van der Waals surface area contributed by atoms with E-state index in [-0.39, 0.29) is 0 Å². The second kappa shape index (κ2) is 5.98. The Morgan fingerprint density at radius 2 is 2.06 bits per heavy atom. The number of para-hydroxylation sites is 1. The highest BCUT2D eigenvalue weighted by Crippen LogP contribution is 2.18. The van der Waals surface area contributed by atoms with Crippen LogP contribution in [0.3, 0.4) is 0 Å². The molecule has 2 N–H and O–H groups in total. The van der Waals surface area contributed by atoms with Gasteiger partial charge < -0.3 is 5.73 Å². The molecule has 0 amide bonds. The molecule has 18 heavy (non-hydrogen) atoms. The first-order valence-corrected chi connectivity index (χ1v) is 7.00. The van der Waals surface area contributed by atoms with Gasteiger partial charge in [0.1, 0.15) is 5.01 Å². The van der Waals surface area contributed by atoms with Gasteiger partial charge in [-0.25, -0.2) is 4.98 Å². The van der Waals surface area contributed by atoms with Crippen molar-refractivity contribution in [2.45, 2.75) is 33.0 Å². The number of aromatic nitrogens is 1. The summed E-state index contributed by atoms with van der Waals surface area (Å²) in [6.07, 6.45) is 1.86. The fourth-order valence-corrected chi connectivity index (χ4v) is 2.46. The molecule has 0 atom stereocenters. The van der Waals surface area contributed by atoms with Crippen molar-refractivity contribution in [3.8, 4) is 0 Å². The predicted octanol–water partition coefficient (Wildman–Crippen LogP) is 3.14. The number of nitrogens with zero attached hydrogens (tertiary/aromatic N) is 2. The Bertz CT molecular complexity index is 480. The second-order valence-electron chi connectivity index (χ2n) is 4.62. The zero-order valence-electron chi connectivity index (χ0n) is 10.8. The van der Waals surface area contributed by atoms with Gasteiger partial charge in [-0.3, -0.25) is 4.90 Å². The molecule has 0 radical (unpaired) electrons. The summed E-state index contributed by atoms with van der Waals surface area (Å²) in [5.41, 5.74) is 8.05. The Labute approximate surface area is 112 Å². The molecule has 0 fully saturated rings. The summed E-state index contributed by atoms with van der Waals surface area (Å²) in [4.78, 5) is 6.73. The topological polar surface area (TPSA) is 42.2 Å². The first-order chi connectivity index (χ1) is 8.66. The minimum absolute atomic E-state index is 0.466. The van der Waals surface area contributed by atoms with E-state index in [2.05, 4.69) is 29.8 Å². The summed E-state index contributed by atoms with van der Waals surface area (Å²) in [7, 11) is 0. The zero-order chi connectivity index (χ0) is 13.0. The highest BCUT2D eigenvalue weighted by molar-refractivity contribution is 7.09. The van der Waals surface area contributed by atoms with Crippen LogP contribution in [0.5, 0.6) is 0 Å². The van der Waals surface area contributed by atoms with Crippen molar-refractivity contribution in [1.82, 2.24) is 9.88 Å². The number of nitrogen functional groups attached to an aromatic ring is 1. The molecule has 2 aromatic rings. The Hall–Kier alpha value is -1.39. The lowest BCUT2D eigenvalue weighted by Gasteiger charge is -2.26. The van der Waals surface area contributed by atoms with Crippen LogP contribution in [-0.4, -0.2) is 15.9 Å². The van der Waals surface area contributed by atoms with E-state index >= 15 is 0 Å². The van der Waals surface area contributed by atoms with Crippen LogP contribution in [0.1, 0.15) is 24.4 Å². The van der Waals surface area contributed by atoms with Gasteiger partial charge in [-0.05, 0) is 25.5 Å². The van der Waals surface area contributed by atoms with Crippen LogP contribution < -0.4 is 5.73 Å². The van der Waals surface area contributed by atoms with Crippen LogP contribution in [0.4, 0.5) is 5.69 Å². The maximum atomic E-state index is 6.00. The van der Waals surface area contributed by atoms with E-state index in [1.807, 2.05) is 29.8 Å². The van der Waals surface area contributed by atoms with Crippen LogP contribution >= 0.6 is 11.3 Å². The number of hydrogen-bond acceptors (Lipinski definition) is 4. The van der Waals surface area contributed by atoms with Gasteiger partial charge in [-0.15, -0.1) is 11.3 Å². The van der Waals surface area contributed by atoms with Crippen molar-refractivity contribution in [1.29, 1.82) is 0 Å². The molecule has 0 aliphatic heterocycles. The standard InChI is InChI=1S/C14H19N3S/c1-11(2)17(10-14-16-7-8-18-14)9-12-5-3-4-6-13(12)15/h3-8,11H,9-10,15H2,1-2H3. The molecule has 0 aliphatic carbocycles. The lowest BCUT2D eigenvalue weighted by Crippen LogP contribution is -2.30. The summed E-state index contributed by atoms with van der Waals surface area (Å²) in [6.45, 7) is 6.15. The molecule has 96 valence electrons. The molecule has 1 aromatic carbocycles. The smallest absolute Gasteiger partial charge is 0.107 e. The highest BCUT2D eigenvalue weighted by Gasteiger charge is 2.13. The van der Waals surface area contributed by atoms with E-state index in [0.29, 0.717) is 6.04 Å². The summed E-state index contributed by atoms with van der Waals surface area (Å²) in [6, 6.07) is 8.52. The molecular weight excluding hydrogens is 242 g/mol. The maximum absolute atomic E-state index is 6.00. The third-order valence-electron chi connectivity index (χ3n) is 2.98. The van der Waals surface area contributed by atoms with Gasteiger partial charge >= 0.3 is 0 Å². The van der Waals surface area contributed by atoms with Crippen molar-refractivity contribution in [2.24, 2.45) is 0 Å². The van der Waals surface area contributed by atoms with E-state index in [9.17, 15) is 0 Å². The van der Waals surface area contributed by atoms with E-state index in [4.69, 9.17) is 5.73 Å². The second-order valence-corrected chi connectivity index (χ2v) is 5.60. The van der Waals surface area contributed by atoms with Crippen molar-refractivity contribution >= 4 is 17.0 Å². The van der Waals surface area contributed by atoms with E-state index < -0.39 is 0 Å². The molecule has 0 unspecified atom stereocenters. The van der Waals surface area contributed by atoms with E-state index in [0.717, 1.165) is 23.8 Å². The van der Waals surface area contributed by atoms with Gasteiger partial charge in [-0.1, -0.05) is 18.2 Å². The van der Waals surface area contributed by atoms with Gasteiger partial charge in [-0.2, -0.15) is 0 Å². The van der Waals surface area contributed by atoms with Crippen molar-refractivity contribution in [3.63, 3.8) is 0 Å². The first-order valence-electron chi connectivity index (χ1n) is 6.12. The number of thiazole rings is 1. The monoisotopic (exact) mass is 261 g/mol. The van der Waals surface area contributed by atoms with Crippen LogP contribution in [0.2, 0.25) is 0 Å². The minimum atomic E-state index is 0.466. The number of benzene rings is 1. The van der Waals surface area contributed by atoms with Gasteiger partial charge in [0.05, 0.1) is 6.54 Å². The van der Waals surface area contributed by atoms with Crippen LogP contribution in [0, 0.1) is 0 Å². The SMILES string of the molecule is CC(C)N(Cc1nccs1)Cc1ccccc1N. The quantitative estimate of drug-likeness (QED) is 0.841. The Balaban J connectivity index is 2.09. The average molecular weight is 261 g/mol. The lowest BCUT2D eigenvalue weighted by atomic mass is 10.1. The maximum Gasteiger partial charge on any atom is 0.107 e.